The number of fused-ring (bicyclic) bond motifs is 1. The number of pyridine rings is 1. The van der Waals surface area contributed by atoms with Gasteiger partial charge in [-0.1, -0.05) is 30.3 Å². The quantitative estimate of drug-likeness (QED) is 0.763. The molecule has 0 fully saturated rings. The molecule has 0 spiro atoms. The summed E-state index contributed by atoms with van der Waals surface area (Å²) in [5, 5.41) is 0. The van der Waals surface area contributed by atoms with Crippen molar-refractivity contribution in [2.75, 3.05) is 0 Å². The van der Waals surface area contributed by atoms with Crippen molar-refractivity contribution in [2.45, 2.75) is 13.0 Å². The molecule has 1 radical (unpaired) electrons. The molecule has 1 N–H and O–H groups in total. The second kappa shape index (κ2) is 4.49. The first-order valence-electron chi connectivity index (χ1n) is 5.77. The van der Waals surface area contributed by atoms with Crippen LogP contribution in [0.1, 0.15) is 18.6 Å². The van der Waals surface area contributed by atoms with E-state index in [2.05, 4.69) is 21.3 Å². The molecule has 1 atom stereocenters. The number of hydrogen-bond donors (Lipinski definition) is 1. The second-order valence-corrected chi connectivity index (χ2v) is 4.03. The van der Waals surface area contributed by atoms with Crippen LogP contribution in [0.25, 0.3) is 11.2 Å². The number of hydrogen-bond acceptors (Lipinski definition) is 3. The lowest BCUT2D eigenvalue weighted by atomic mass is 10.1. The number of H-pyrrole nitrogens is 1. The molecule has 2 heterocycles. The van der Waals surface area contributed by atoms with E-state index in [0.29, 0.717) is 16.9 Å². The molecular weight excluding hydrogens is 226 g/mol. The summed E-state index contributed by atoms with van der Waals surface area (Å²) in [6.07, 6.45) is 4.34. The van der Waals surface area contributed by atoms with Gasteiger partial charge in [0, 0.05) is 12.3 Å². The summed E-state index contributed by atoms with van der Waals surface area (Å²) in [6, 6.07) is 11.9. The molecule has 3 aromatic rings. The molecule has 3 rings (SSSR count). The van der Waals surface area contributed by atoms with Gasteiger partial charge in [-0.15, -0.1) is 0 Å². The van der Waals surface area contributed by atoms with Crippen molar-refractivity contribution in [3.05, 3.63) is 54.5 Å². The van der Waals surface area contributed by atoms with Gasteiger partial charge in [-0.05, 0) is 12.5 Å². The number of rotatable bonds is 3. The molecule has 1 unspecified atom stereocenters. The predicted molar refractivity (Wildman–Crippen MR) is 68.2 cm³/mol. The summed E-state index contributed by atoms with van der Waals surface area (Å²) in [4.78, 5) is 11.1. The summed E-state index contributed by atoms with van der Waals surface area (Å²) < 4.78 is 5.93. The third-order valence-electron chi connectivity index (χ3n) is 2.80. The number of aromatic amines is 1. The number of imidazole rings is 1. The monoisotopic (exact) mass is 238 g/mol. The lowest BCUT2D eigenvalue weighted by molar-refractivity contribution is 0.229. The van der Waals surface area contributed by atoms with Crippen molar-refractivity contribution in [1.82, 2.24) is 15.0 Å². The van der Waals surface area contributed by atoms with Crippen LogP contribution >= 0.6 is 0 Å². The van der Waals surface area contributed by atoms with Crippen LogP contribution in [0.4, 0.5) is 0 Å². The third-order valence-corrected chi connectivity index (χ3v) is 2.80. The maximum Gasteiger partial charge on any atom is 0.176 e. The van der Waals surface area contributed by atoms with Crippen LogP contribution in [0.3, 0.4) is 0 Å². The van der Waals surface area contributed by atoms with E-state index in [1.807, 2.05) is 43.3 Å². The van der Waals surface area contributed by atoms with Gasteiger partial charge in [0.15, 0.2) is 23.2 Å². The van der Waals surface area contributed by atoms with Gasteiger partial charge in [-0.3, -0.25) is 0 Å². The topological polar surface area (TPSA) is 50.8 Å². The summed E-state index contributed by atoms with van der Waals surface area (Å²) in [5.41, 5.74) is 2.52. The Morgan fingerprint density at radius 3 is 2.89 bits per heavy atom. The highest BCUT2D eigenvalue weighted by Crippen LogP contribution is 2.26. The van der Waals surface area contributed by atoms with Crippen molar-refractivity contribution in [3.63, 3.8) is 0 Å². The molecule has 18 heavy (non-hydrogen) atoms. The highest BCUT2D eigenvalue weighted by Gasteiger charge is 2.11. The van der Waals surface area contributed by atoms with Crippen LogP contribution in [0.15, 0.2) is 42.6 Å². The molecule has 4 nitrogen and oxygen atoms in total. The SMILES string of the molecule is CC(Oc1ccnc2[nH][c]nc12)c1ccccc1. The average molecular weight is 238 g/mol. The van der Waals surface area contributed by atoms with Crippen molar-refractivity contribution < 1.29 is 4.74 Å². The van der Waals surface area contributed by atoms with Crippen LogP contribution in [-0.2, 0) is 0 Å². The minimum absolute atomic E-state index is 0.0338. The third kappa shape index (κ3) is 1.93. The number of nitrogens with one attached hydrogen (secondary N) is 1. The highest BCUT2D eigenvalue weighted by atomic mass is 16.5. The zero-order chi connectivity index (χ0) is 12.4. The molecule has 1 aromatic carbocycles. The van der Waals surface area contributed by atoms with Gasteiger partial charge in [0.1, 0.15) is 6.10 Å². The minimum Gasteiger partial charge on any atom is -0.484 e. The van der Waals surface area contributed by atoms with E-state index in [0.717, 1.165) is 5.56 Å². The number of nitrogens with zero attached hydrogens (tertiary/aromatic N) is 2. The van der Waals surface area contributed by atoms with E-state index >= 15 is 0 Å². The molecule has 89 valence electrons. The van der Waals surface area contributed by atoms with Gasteiger partial charge in [0.2, 0.25) is 0 Å². The summed E-state index contributed by atoms with van der Waals surface area (Å²) in [6.45, 7) is 2.01. The Balaban J connectivity index is 1.91. The lowest BCUT2D eigenvalue weighted by Gasteiger charge is -2.14. The Bertz CT molecular complexity index is 648. The normalized spacial score (nSPS) is 12.5. The highest BCUT2D eigenvalue weighted by molar-refractivity contribution is 5.76. The molecule has 0 amide bonds. The Hall–Kier alpha value is -2.36. The molecule has 0 aliphatic heterocycles. The first kappa shape index (κ1) is 10.8. The molecule has 0 saturated heterocycles. The van der Waals surface area contributed by atoms with Crippen LogP contribution < -0.4 is 4.74 Å². The zero-order valence-corrected chi connectivity index (χ0v) is 9.92. The zero-order valence-electron chi connectivity index (χ0n) is 9.92. The van der Waals surface area contributed by atoms with Crippen LogP contribution in [-0.4, -0.2) is 15.0 Å². The number of aromatic nitrogens is 3. The molecular formula is C14H12N3O. The largest absolute Gasteiger partial charge is 0.484 e. The molecule has 0 aliphatic carbocycles. The first-order chi connectivity index (χ1) is 8.84. The summed E-state index contributed by atoms with van der Waals surface area (Å²) in [7, 11) is 0. The van der Waals surface area contributed by atoms with E-state index in [4.69, 9.17) is 4.74 Å². The maximum atomic E-state index is 5.93. The van der Waals surface area contributed by atoms with Gasteiger partial charge in [-0.2, -0.15) is 0 Å². The van der Waals surface area contributed by atoms with Crippen molar-refractivity contribution in [3.8, 4) is 5.75 Å². The summed E-state index contributed by atoms with van der Waals surface area (Å²) >= 11 is 0. The Morgan fingerprint density at radius 1 is 1.22 bits per heavy atom. The molecule has 2 aromatic heterocycles. The molecule has 0 bridgehead atoms. The first-order valence-corrected chi connectivity index (χ1v) is 5.77. The summed E-state index contributed by atoms with van der Waals surface area (Å²) in [5.74, 6) is 0.717. The van der Waals surface area contributed by atoms with Gasteiger partial charge in [-0.25, -0.2) is 9.97 Å². The van der Waals surface area contributed by atoms with Gasteiger partial charge >= 0.3 is 0 Å². The maximum absolute atomic E-state index is 5.93. The van der Waals surface area contributed by atoms with Gasteiger partial charge < -0.3 is 9.72 Å². The lowest BCUT2D eigenvalue weighted by Crippen LogP contribution is -2.03. The molecule has 4 heteroatoms. The Labute approximate surface area is 105 Å². The fourth-order valence-electron chi connectivity index (χ4n) is 1.85. The van der Waals surface area contributed by atoms with Crippen molar-refractivity contribution in [2.24, 2.45) is 0 Å². The predicted octanol–water partition coefficient (Wildman–Crippen LogP) is 2.90. The Morgan fingerprint density at radius 2 is 2.06 bits per heavy atom. The average Bonchev–Trinajstić information content (AvgIpc) is 2.89. The van der Waals surface area contributed by atoms with E-state index in [1.165, 1.54) is 0 Å². The van der Waals surface area contributed by atoms with E-state index < -0.39 is 0 Å². The van der Waals surface area contributed by atoms with Crippen molar-refractivity contribution >= 4 is 11.2 Å². The molecule has 0 saturated carbocycles. The van der Waals surface area contributed by atoms with Crippen molar-refractivity contribution in [1.29, 1.82) is 0 Å². The Kier molecular flexibility index (Phi) is 2.68. The van der Waals surface area contributed by atoms with E-state index in [1.54, 1.807) is 6.20 Å². The number of benzene rings is 1. The minimum atomic E-state index is -0.0338. The fraction of sp³-hybridized carbons (Fsp3) is 0.143. The molecule has 0 aliphatic rings. The fourth-order valence-corrected chi connectivity index (χ4v) is 1.85. The van der Waals surface area contributed by atoms with E-state index in [-0.39, 0.29) is 6.10 Å². The smallest absolute Gasteiger partial charge is 0.176 e. The number of ether oxygens (including phenoxy) is 1. The van der Waals surface area contributed by atoms with Gasteiger partial charge in [0.25, 0.3) is 0 Å². The van der Waals surface area contributed by atoms with Crippen LogP contribution in [0.2, 0.25) is 0 Å². The van der Waals surface area contributed by atoms with E-state index in [9.17, 15) is 0 Å². The van der Waals surface area contributed by atoms with Gasteiger partial charge in [0.05, 0.1) is 0 Å². The van der Waals surface area contributed by atoms with Crippen LogP contribution in [0.5, 0.6) is 5.75 Å². The second-order valence-electron chi connectivity index (χ2n) is 4.03. The van der Waals surface area contributed by atoms with Crippen LogP contribution in [0, 0.1) is 6.33 Å². The standard InChI is InChI=1S/C14H12N3O/c1-10(11-5-3-2-4-6-11)18-12-7-8-15-14-13(12)16-9-17-14/h2-8,10H,1H3,(H,15,16,17).